The average molecular weight is 267 g/mol. The first-order valence-corrected chi connectivity index (χ1v) is 7.43. The van der Waals surface area contributed by atoms with E-state index in [1.54, 1.807) is 11.3 Å². The minimum atomic E-state index is 0.0781. The molecule has 0 aromatic carbocycles. The molecule has 5 heteroatoms. The summed E-state index contributed by atoms with van der Waals surface area (Å²) in [4.78, 5) is 19.7. The number of nitrogens with one attached hydrogen (secondary N) is 1. The lowest BCUT2D eigenvalue weighted by Gasteiger charge is -2.25. The fraction of sp³-hybridized carbons (Fsp3) is 0.692. The van der Waals surface area contributed by atoms with Crippen LogP contribution >= 0.6 is 11.3 Å². The SMILES string of the molecule is Cc1nc(NC(=O)CCN2CCCCC2)sc1C. The van der Waals surface area contributed by atoms with Crippen LogP contribution in [0.15, 0.2) is 0 Å². The normalized spacial score (nSPS) is 16.8. The highest BCUT2D eigenvalue weighted by molar-refractivity contribution is 7.15. The van der Waals surface area contributed by atoms with Gasteiger partial charge in [-0.3, -0.25) is 4.79 Å². The van der Waals surface area contributed by atoms with Gasteiger partial charge in [0.2, 0.25) is 5.91 Å². The zero-order valence-corrected chi connectivity index (χ0v) is 12.0. The van der Waals surface area contributed by atoms with E-state index in [0.717, 1.165) is 30.5 Å². The molecule has 18 heavy (non-hydrogen) atoms. The van der Waals surface area contributed by atoms with Gasteiger partial charge in [-0.15, -0.1) is 11.3 Å². The molecule has 0 atom stereocenters. The monoisotopic (exact) mass is 267 g/mol. The Balaban J connectivity index is 1.74. The molecule has 0 aliphatic carbocycles. The van der Waals surface area contributed by atoms with Gasteiger partial charge >= 0.3 is 0 Å². The van der Waals surface area contributed by atoms with Crippen molar-refractivity contribution in [3.63, 3.8) is 0 Å². The van der Waals surface area contributed by atoms with Gasteiger partial charge < -0.3 is 10.2 Å². The Morgan fingerprint density at radius 1 is 1.33 bits per heavy atom. The molecule has 0 unspecified atom stereocenters. The maximum atomic E-state index is 11.8. The van der Waals surface area contributed by atoms with Crippen molar-refractivity contribution >= 4 is 22.4 Å². The summed E-state index contributed by atoms with van der Waals surface area (Å²) in [5, 5.41) is 3.62. The smallest absolute Gasteiger partial charge is 0.227 e. The molecule has 1 amide bonds. The number of rotatable bonds is 4. The second-order valence-corrected chi connectivity index (χ2v) is 6.06. The molecule has 0 saturated carbocycles. The van der Waals surface area contributed by atoms with Gasteiger partial charge in [0, 0.05) is 17.8 Å². The number of anilines is 1. The van der Waals surface area contributed by atoms with Gasteiger partial charge in [-0.05, 0) is 39.8 Å². The summed E-state index contributed by atoms with van der Waals surface area (Å²) in [6.45, 7) is 7.15. The van der Waals surface area contributed by atoms with Gasteiger partial charge in [0.05, 0.1) is 5.69 Å². The molecular weight excluding hydrogens is 246 g/mol. The van der Waals surface area contributed by atoms with E-state index in [1.165, 1.54) is 24.1 Å². The van der Waals surface area contributed by atoms with E-state index in [2.05, 4.69) is 15.2 Å². The van der Waals surface area contributed by atoms with Crippen LogP contribution in [0.5, 0.6) is 0 Å². The molecular formula is C13H21N3OS. The Morgan fingerprint density at radius 2 is 2.06 bits per heavy atom. The lowest BCUT2D eigenvalue weighted by atomic mass is 10.1. The average Bonchev–Trinajstić information content (AvgIpc) is 2.67. The van der Waals surface area contributed by atoms with Gasteiger partial charge in [0.15, 0.2) is 5.13 Å². The molecule has 1 aliphatic rings. The minimum absolute atomic E-state index is 0.0781. The maximum Gasteiger partial charge on any atom is 0.227 e. The van der Waals surface area contributed by atoms with Crippen LogP contribution < -0.4 is 5.32 Å². The number of hydrogen-bond acceptors (Lipinski definition) is 4. The number of hydrogen-bond donors (Lipinski definition) is 1. The number of aromatic nitrogens is 1. The fourth-order valence-electron chi connectivity index (χ4n) is 2.15. The summed E-state index contributed by atoms with van der Waals surface area (Å²) in [7, 11) is 0. The largest absolute Gasteiger partial charge is 0.303 e. The van der Waals surface area contributed by atoms with Gasteiger partial charge in [-0.1, -0.05) is 6.42 Å². The number of thiazole rings is 1. The molecule has 1 aromatic rings. The predicted molar refractivity (Wildman–Crippen MR) is 75.1 cm³/mol. The first kappa shape index (κ1) is 13.5. The molecule has 1 saturated heterocycles. The quantitative estimate of drug-likeness (QED) is 0.912. The Morgan fingerprint density at radius 3 is 2.67 bits per heavy atom. The second-order valence-electron chi connectivity index (χ2n) is 4.86. The Hall–Kier alpha value is -0.940. The molecule has 100 valence electrons. The number of aryl methyl sites for hydroxylation is 2. The lowest BCUT2D eigenvalue weighted by molar-refractivity contribution is -0.116. The number of carbonyl (C=O) groups is 1. The Labute approximate surface area is 112 Å². The summed E-state index contributed by atoms with van der Waals surface area (Å²) in [6, 6.07) is 0. The molecule has 1 fully saturated rings. The van der Waals surface area contributed by atoms with Crippen molar-refractivity contribution in [2.75, 3.05) is 25.0 Å². The molecule has 2 rings (SSSR count). The lowest BCUT2D eigenvalue weighted by Crippen LogP contribution is -2.32. The number of piperidine rings is 1. The third kappa shape index (κ3) is 3.78. The standard InChI is InChI=1S/C13H21N3OS/c1-10-11(2)18-13(14-10)15-12(17)6-9-16-7-4-3-5-8-16/h3-9H2,1-2H3,(H,14,15,17). The summed E-state index contributed by atoms with van der Waals surface area (Å²) in [6.07, 6.45) is 4.44. The zero-order chi connectivity index (χ0) is 13.0. The van der Waals surface area contributed by atoms with Crippen LogP contribution in [0.4, 0.5) is 5.13 Å². The summed E-state index contributed by atoms with van der Waals surface area (Å²) in [5.74, 6) is 0.0781. The van der Waals surface area contributed by atoms with E-state index in [4.69, 9.17) is 0 Å². The van der Waals surface area contributed by atoms with Crippen LogP contribution in [-0.4, -0.2) is 35.4 Å². The Bertz CT molecular complexity index is 391. The molecule has 1 aliphatic heterocycles. The number of amides is 1. The van der Waals surface area contributed by atoms with Crippen LogP contribution in [0.3, 0.4) is 0 Å². The molecule has 4 nitrogen and oxygen atoms in total. The van der Waals surface area contributed by atoms with Crippen molar-refractivity contribution in [1.82, 2.24) is 9.88 Å². The van der Waals surface area contributed by atoms with E-state index < -0.39 is 0 Å². The molecule has 0 bridgehead atoms. The van der Waals surface area contributed by atoms with Gasteiger partial charge in [-0.2, -0.15) is 0 Å². The van der Waals surface area contributed by atoms with Crippen molar-refractivity contribution in [2.24, 2.45) is 0 Å². The van der Waals surface area contributed by atoms with Crippen LogP contribution in [0.25, 0.3) is 0 Å². The second kappa shape index (κ2) is 6.29. The van der Waals surface area contributed by atoms with Crippen LogP contribution in [0, 0.1) is 13.8 Å². The van der Waals surface area contributed by atoms with Gasteiger partial charge in [0.1, 0.15) is 0 Å². The summed E-state index contributed by atoms with van der Waals surface area (Å²) >= 11 is 1.55. The van der Waals surface area contributed by atoms with Crippen molar-refractivity contribution in [3.8, 4) is 0 Å². The van der Waals surface area contributed by atoms with E-state index in [9.17, 15) is 4.79 Å². The summed E-state index contributed by atoms with van der Waals surface area (Å²) < 4.78 is 0. The number of likely N-dealkylation sites (tertiary alicyclic amines) is 1. The first-order valence-electron chi connectivity index (χ1n) is 6.61. The summed E-state index contributed by atoms with van der Waals surface area (Å²) in [5.41, 5.74) is 1.01. The third-order valence-electron chi connectivity index (χ3n) is 3.38. The molecule has 1 N–H and O–H groups in total. The van der Waals surface area contributed by atoms with Crippen LogP contribution in [0.1, 0.15) is 36.3 Å². The molecule has 0 spiro atoms. The zero-order valence-electron chi connectivity index (χ0n) is 11.2. The van der Waals surface area contributed by atoms with Crippen LogP contribution in [0.2, 0.25) is 0 Å². The minimum Gasteiger partial charge on any atom is -0.303 e. The molecule has 1 aromatic heterocycles. The highest BCUT2D eigenvalue weighted by atomic mass is 32.1. The van der Waals surface area contributed by atoms with Crippen molar-refractivity contribution in [1.29, 1.82) is 0 Å². The van der Waals surface area contributed by atoms with Gasteiger partial charge in [-0.25, -0.2) is 4.98 Å². The third-order valence-corrected chi connectivity index (χ3v) is 4.37. The predicted octanol–water partition coefficient (Wildman–Crippen LogP) is 2.57. The van der Waals surface area contributed by atoms with Crippen molar-refractivity contribution in [3.05, 3.63) is 10.6 Å². The van der Waals surface area contributed by atoms with E-state index >= 15 is 0 Å². The van der Waals surface area contributed by atoms with Gasteiger partial charge in [0.25, 0.3) is 0 Å². The first-order chi connectivity index (χ1) is 8.65. The maximum absolute atomic E-state index is 11.8. The number of nitrogens with zero attached hydrogens (tertiary/aromatic N) is 2. The Kier molecular flexibility index (Phi) is 4.72. The number of carbonyl (C=O) groups excluding carboxylic acids is 1. The van der Waals surface area contributed by atoms with E-state index in [-0.39, 0.29) is 5.91 Å². The molecule has 2 heterocycles. The molecule has 0 radical (unpaired) electrons. The van der Waals surface area contributed by atoms with Crippen LogP contribution in [-0.2, 0) is 4.79 Å². The highest BCUT2D eigenvalue weighted by Crippen LogP contribution is 2.21. The van der Waals surface area contributed by atoms with Crippen molar-refractivity contribution in [2.45, 2.75) is 39.5 Å². The highest BCUT2D eigenvalue weighted by Gasteiger charge is 2.12. The van der Waals surface area contributed by atoms with E-state index in [0.29, 0.717) is 6.42 Å². The van der Waals surface area contributed by atoms with E-state index in [1.807, 2.05) is 13.8 Å². The topological polar surface area (TPSA) is 45.2 Å². The van der Waals surface area contributed by atoms with Crippen molar-refractivity contribution < 1.29 is 4.79 Å². The fourth-order valence-corrected chi connectivity index (χ4v) is 2.98.